The number of rotatable bonds is 2. The van der Waals surface area contributed by atoms with Gasteiger partial charge in [0.15, 0.2) is 5.82 Å². The first-order chi connectivity index (χ1) is 12.4. The maximum absolute atomic E-state index is 15.2. The number of hydrogen-bond donors (Lipinski definition) is 2. The molecule has 1 amide bonds. The van der Waals surface area contributed by atoms with E-state index in [1.807, 2.05) is 12.1 Å². The predicted molar refractivity (Wildman–Crippen MR) is 93.4 cm³/mol. The molecule has 2 N–H and O–H groups in total. The summed E-state index contributed by atoms with van der Waals surface area (Å²) in [6.07, 6.45) is 2.61. The molecule has 26 heavy (non-hydrogen) atoms. The minimum Gasteiger partial charge on any atom is -0.506 e. The Morgan fingerprint density at radius 3 is 2.73 bits per heavy atom. The second-order valence-corrected chi connectivity index (χ2v) is 7.68. The summed E-state index contributed by atoms with van der Waals surface area (Å²) in [5.74, 6) is -2.23. The molecule has 0 spiro atoms. The van der Waals surface area contributed by atoms with Gasteiger partial charge in [0, 0.05) is 5.39 Å². The summed E-state index contributed by atoms with van der Waals surface area (Å²) in [6.45, 7) is 0.476. The molecular weight excluding hydrogens is 363 g/mol. The number of hydrogen-bond acceptors (Lipinski definition) is 5. The second kappa shape index (κ2) is 5.96. The summed E-state index contributed by atoms with van der Waals surface area (Å²) in [5, 5.41) is 10.8. The van der Waals surface area contributed by atoms with Gasteiger partial charge in [-0.3, -0.25) is 4.79 Å². The van der Waals surface area contributed by atoms with E-state index in [1.165, 1.54) is 6.07 Å². The van der Waals surface area contributed by atoms with Crippen molar-refractivity contribution < 1.29 is 27.4 Å². The third-order valence-corrected chi connectivity index (χ3v) is 5.81. The van der Waals surface area contributed by atoms with E-state index in [0.717, 1.165) is 11.1 Å². The number of carbonyl (C=O) groups is 1. The average molecular weight is 378 g/mol. The summed E-state index contributed by atoms with van der Waals surface area (Å²) in [4.78, 5) is 11.4. The number of nitrogens with one attached hydrogen (secondary N) is 1. The highest BCUT2D eigenvalue weighted by atomic mass is 32.2. The normalized spacial score (nSPS) is 19.5. The Kier molecular flexibility index (Phi) is 3.85. The van der Waals surface area contributed by atoms with Crippen LogP contribution in [-0.4, -0.2) is 39.2 Å². The number of ether oxygens (including phenoxy) is 1. The maximum Gasteiger partial charge on any atom is 0.326 e. The van der Waals surface area contributed by atoms with Crippen LogP contribution in [0.3, 0.4) is 0 Å². The first-order valence-electron chi connectivity index (χ1n) is 7.92. The van der Waals surface area contributed by atoms with Gasteiger partial charge in [-0.15, -0.1) is 0 Å². The number of phenolic OH excluding ortho intramolecular Hbond substituents is 1. The van der Waals surface area contributed by atoms with Crippen LogP contribution in [0.15, 0.2) is 30.3 Å². The van der Waals surface area contributed by atoms with Gasteiger partial charge < -0.3 is 9.84 Å². The fraction of sp³-hybridized carbons (Fsp3) is 0.235. The lowest BCUT2D eigenvalue weighted by molar-refractivity contribution is -0.117. The van der Waals surface area contributed by atoms with Gasteiger partial charge in [-0.2, -0.15) is 8.42 Å². The molecular formula is C17H15FN2O5S. The highest BCUT2D eigenvalue weighted by Gasteiger charge is 2.37. The molecule has 9 heteroatoms. The molecule has 0 unspecified atom stereocenters. The third-order valence-electron chi connectivity index (χ3n) is 4.44. The maximum atomic E-state index is 15.2. The lowest BCUT2D eigenvalue weighted by Gasteiger charge is -2.19. The lowest BCUT2D eigenvalue weighted by Crippen LogP contribution is -2.30. The van der Waals surface area contributed by atoms with E-state index in [0.29, 0.717) is 29.3 Å². The zero-order chi connectivity index (χ0) is 18.5. The second-order valence-electron chi connectivity index (χ2n) is 6.09. The Balaban J connectivity index is 1.89. The summed E-state index contributed by atoms with van der Waals surface area (Å²) in [7, 11) is -4.23. The Hall–Kier alpha value is -2.65. The fourth-order valence-corrected chi connectivity index (χ4v) is 4.36. The van der Waals surface area contributed by atoms with Crippen LogP contribution >= 0.6 is 0 Å². The predicted octanol–water partition coefficient (Wildman–Crippen LogP) is 1.67. The van der Waals surface area contributed by atoms with Crippen molar-refractivity contribution in [2.75, 3.05) is 24.1 Å². The van der Waals surface area contributed by atoms with Crippen molar-refractivity contribution in [3.8, 4) is 5.75 Å². The Morgan fingerprint density at radius 2 is 2.08 bits per heavy atom. The fourth-order valence-electron chi connectivity index (χ4n) is 3.20. The van der Waals surface area contributed by atoms with Gasteiger partial charge in [0.1, 0.15) is 18.0 Å². The van der Waals surface area contributed by atoms with E-state index < -0.39 is 39.9 Å². The monoisotopic (exact) mass is 378 g/mol. The highest BCUT2D eigenvalue weighted by molar-refractivity contribution is 7.92. The first kappa shape index (κ1) is 16.8. The molecule has 0 bridgehead atoms. The van der Waals surface area contributed by atoms with Crippen molar-refractivity contribution in [2.24, 2.45) is 0 Å². The van der Waals surface area contributed by atoms with Gasteiger partial charge in [0.25, 0.3) is 5.91 Å². The first-order valence-corrected chi connectivity index (χ1v) is 9.36. The average Bonchev–Trinajstić information content (AvgIpc) is 2.88. The minimum atomic E-state index is -4.23. The molecule has 1 saturated heterocycles. The molecule has 0 aliphatic carbocycles. The molecule has 4 rings (SSSR count). The Labute approximate surface area is 148 Å². The molecule has 136 valence electrons. The molecule has 2 aliphatic heterocycles. The number of aromatic hydroxyl groups is 1. The van der Waals surface area contributed by atoms with Crippen LogP contribution in [0.2, 0.25) is 0 Å². The Morgan fingerprint density at radius 1 is 1.27 bits per heavy atom. The zero-order valence-corrected chi connectivity index (χ0v) is 14.3. The number of anilines is 1. The number of fused-ring (bicyclic) bond motifs is 1. The van der Waals surface area contributed by atoms with E-state index in [9.17, 15) is 18.3 Å². The van der Waals surface area contributed by atoms with Crippen LogP contribution in [-0.2, 0) is 19.7 Å². The highest BCUT2D eigenvalue weighted by Crippen LogP contribution is 2.39. The summed E-state index contributed by atoms with van der Waals surface area (Å²) < 4.78 is 46.8. The minimum absolute atomic E-state index is 0.164. The van der Waals surface area contributed by atoms with E-state index in [1.54, 1.807) is 16.9 Å². The summed E-state index contributed by atoms with van der Waals surface area (Å²) >= 11 is 0. The summed E-state index contributed by atoms with van der Waals surface area (Å²) in [5.41, 5.74) is 1.28. The largest absolute Gasteiger partial charge is 0.506 e. The molecule has 0 radical (unpaired) electrons. The molecule has 7 nitrogen and oxygen atoms in total. The molecule has 0 saturated carbocycles. The molecule has 2 aromatic rings. The van der Waals surface area contributed by atoms with Crippen molar-refractivity contribution in [3.05, 3.63) is 41.7 Å². The van der Waals surface area contributed by atoms with Crippen LogP contribution in [0.1, 0.15) is 12.0 Å². The van der Waals surface area contributed by atoms with Gasteiger partial charge in [-0.1, -0.05) is 18.2 Å². The molecule has 0 atom stereocenters. The number of benzene rings is 2. The molecule has 1 fully saturated rings. The number of amides is 1. The zero-order valence-electron chi connectivity index (χ0n) is 13.5. The van der Waals surface area contributed by atoms with Crippen LogP contribution in [0, 0.1) is 5.82 Å². The molecule has 2 aliphatic rings. The van der Waals surface area contributed by atoms with Crippen LogP contribution in [0.4, 0.5) is 10.1 Å². The number of nitrogens with zero attached hydrogens (tertiary/aromatic N) is 1. The van der Waals surface area contributed by atoms with Crippen LogP contribution in [0.5, 0.6) is 5.75 Å². The van der Waals surface area contributed by atoms with E-state index in [-0.39, 0.29) is 5.39 Å². The SMILES string of the molecule is O=C1CN(c2c(O)cc3ccc(C4=CCOCC4)cc3c2F)S(=O)(=O)N1. The van der Waals surface area contributed by atoms with Crippen molar-refractivity contribution in [3.63, 3.8) is 0 Å². The van der Waals surface area contributed by atoms with Crippen LogP contribution in [0.25, 0.3) is 16.3 Å². The van der Waals surface area contributed by atoms with E-state index in [2.05, 4.69) is 0 Å². The van der Waals surface area contributed by atoms with Crippen molar-refractivity contribution in [1.82, 2.24) is 4.72 Å². The third kappa shape index (κ3) is 2.69. The smallest absolute Gasteiger partial charge is 0.326 e. The van der Waals surface area contributed by atoms with Gasteiger partial charge >= 0.3 is 10.2 Å². The van der Waals surface area contributed by atoms with Crippen molar-refractivity contribution >= 4 is 38.1 Å². The van der Waals surface area contributed by atoms with Gasteiger partial charge in [-0.25, -0.2) is 13.4 Å². The van der Waals surface area contributed by atoms with Crippen LogP contribution < -0.4 is 9.03 Å². The molecule has 2 aromatic carbocycles. The number of phenols is 1. The van der Waals surface area contributed by atoms with Crippen molar-refractivity contribution in [1.29, 1.82) is 0 Å². The van der Waals surface area contributed by atoms with Gasteiger partial charge in [0.05, 0.1) is 13.2 Å². The van der Waals surface area contributed by atoms with E-state index in [4.69, 9.17) is 4.74 Å². The Bertz CT molecular complexity index is 1060. The van der Waals surface area contributed by atoms with E-state index >= 15 is 4.39 Å². The number of halogens is 1. The summed E-state index contributed by atoms with van der Waals surface area (Å²) in [6, 6.07) is 6.38. The molecule has 0 aromatic heterocycles. The lowest BCUT2D eigenvalue weighted by atomic mass is 9.97. The topological polar surface area (TPSA) is 95.9 Å². The van der Waals surface area contributed by atoms with Gasteiger partial charge in [-0.05, 0) is 35.1 Å². The quantitative estimate of drug-likeness (QED) is 0.829. The van der Waals surface area contributed by atoms with Gasteiger partial charge in [0.2, 0.25) is 0 Å². The standard InChI is InChI=1S/C17H15FN2O5S/c18-16-13-7-11(10-3-5-25-6-4-10)1-2-12(13)8-14(21)17(16)20-9-15(22)19-26(20,23)24/h1-3,7-8,21H,4-6,9H2,(H,19,22). The number of carbonyl (C=O) groups excluding carboxylic acids is 1. The molecule has 2 heterocycles. The van der Waals surface area contributed by atoms with Crippen molar-refractivity contribution in [2.45, 2.75) is 6.42 Å².